The molecule has 4 heteroatoms. The average Bonchev–Trinajstić information content (AvgIpc) is 2.74. The smallest absolute Gasteiger partial charge is 0.237 e. The van der Waals surface area contributed by atoms with E-state index in [4.69, 9.17) is 0 Å². The summed E-state index contributed by atoms with van der Waals surface area (Å²) in [5.74, 6) is -0.277. The van der Waals surface area contributed by atoms with E-state index in [0.29, 0.717) is 5.56 Å². The lowest BCUT2D eigenvalue weighted by molar-refractivity contribution is -0.125. The Hall–Kier alpha value is -1.42. The number of carbonyl (C=O) groups excluding carboxylic acids is 1. The van der Waals surface area contributed by atoms with Crippen LogP contribution in [0, 0.1) is 5.82 Å². The Bertz CT molecular complexity index is 408. The van der Waals surface area contributed by atoms with E-state index >= 15 is 0 Å². The van der Waals surface area contributed by atoms with Crippen LogP contribution in [0.25, 0.3) is 0 Å². The molecule has 1 saturated heterocycles. The van der Waals surface area contributed by atoms with E-state index in [9.17, 15) is 9.18 Å². The van der Waals surface area contributed by atoms with E-state index in [1.807, 2.05) is 11.9 Å². The third-order valence-corrected chi connectivity index (χ3v) is 3.23. The highest BCUT2D eigenvalue weighted by Crippen LogP contribution is 2.15. The van der Waals surface area contributed by atoms with Gasteiger partial charge in [0.15, 0.2) is 0 Å². The first kappa shape index (κ1) is 12.0. The quantitative estimate of drug-likeness (QED) is 0.863. The number of rotatable bonds is 3. The Labute approximate surface area is 101 Å². The van der Waals surface area contributed by atoms with Crippen molar-refractivity contribution in [3.63, 3.8) is 0 Å². The van der Waals surface area contributed by atoms with Crippen molar-refractivity contribution in [1.29, 1.82) is 0 Å². The number of nitrogens with zero attached hydrogens (tertiary/aromatic N) is 1. The van der Waals surface area contributed by atoms with Gasteiger partial charge < -0.3 is 5.32 Å². The topological polar surface area (TPSA) is 32.3 Å². The third-order valence-electron chi connectivity index (χ3n) is 3.23. The molecule has 1 aliphatic heterocycles. The molecule has 1 fully saturated rings. The van der Waals surface area contributed by atoms with Crippen LogP contribution in [0.5, 0.6) is 0 Å². The molecule has 0 spiro atoms. The molecular weight excluding hydrogens is 219 g/mol. The molecule has 17 heavy (non-hydrogen) atoms. The molecule has 1 aromatic rings. The fourth-order valence-corrected chi connectivity index (χ4v) is 2.18. The van der Waals surface area contributed by atoms with E-state index in [1.54, 1.807) is 18.2 Å². The van der Waals surface area contributed by atoms with Gasteiger partial charge in [-0.15, -0.1) is 0 Å². The molecule has 92 valence electrons. The number of nitrogens with one attached hydrogen (secondary N) is 1. The molecule has 2 rings (SSSR count). The highest BCUT2D eigenvalue weighted by molar-refractivity contribution is 5.81. The Kier molecular flexibility index (Phi) is 3.74. The maximum atomic E-state index is 13.3. The molecule has 0 radical (unpaired) electrons. The fourth-order valence-electron chi connectivity index (χ4n) is 2.18. The van der Waals surface area contributed by atoms with Crippen LogP contribution in [0.2, 0.25) is 0 Å². The summed E-state index contributed by atoms with van der Waals surface area (Å²) in [4.78, 5) is 13.9. The number of likely N-dealkylation sites (tertiary alicyclic amines) is 1. The largest absolute Gasteiger partial charge is 0.351 e. The van der Waals surface area contributed by atoms with Crippen molar-refractivity contribution >= 4 is 5.91 Å². The molecule has 1 aliphatic rings. The Morgan fingerprint density at radius 2 is 2.29 bits per heavy atom. The molecule has 1 unspecified atom stereocenters. The molecule has 1 N–H and O–H groups in total. The molecule has 0 bridgehead atoms. The van der Waals surface area contributed by atoms with Crippen molar-refractivity contribution in [3.05, 3.63) is 35.6 Å². The number of likely N-dealkylation sites (N-methyl/N-ethyl adjacent to an activating group) is 1. The maximum absolute atomic E-state index is 13.3. The van der Waals surface area contributed by atoms with E-state index in [2.05, 4.69) is 5.32 Å². The predicted octanol–water partition coefficient (Wildman–Crippen LogP) is 1.54. The van der Waals surface area contributed by atoms with Crippen LogP contribution >= 0.6 is 0 Å². The molecule has 0 aliphatic carbocycles. The molecule has 3 nitrogen and oxygen atoms in total. The van der Waals surface area contributed by atoms with E-state index < -0.39 is 0 Å². The molecule has 1 heterocycles. The minimum absolute atomic E-state index is 0.00625. The van der Waals surface area contributed by atoms with Crippen LogP contribution in [-0.2, 0) is 11.3 Å². The summed E-state index contributed by atoms with van der Waals surface area (Å²) in [5, 5.41) is 2.79. The summed E-state index contributed by atoms with van der Waals surface area (Å²) in [7, 11) is 1.94. The summed E-state index contributed by atoms with van der Waals surface area (Å²) in [6.07, 6.45) is 1.94. The number of hydrogen-bond acceptors (Lipinski definition) is 2. The van der Waals surface area contributed by atoms with Crippen molar-refractivity contribution in [1.82, 2.24) is 10.2 Å². The van der Waals surface area contributed by atoms with Gasteiger partial charge >= 0.3 is 0 Å². The van der Waals surface area contributed by atoms with Gasteiger partial charge in [-0.3, -0.25) is 9.69 Å². The van der Waals surface area contributed by atoms with Gasteiger partial charge in [-0.1, -0.05) is 18.2 Å². The van der Waals surface area contributed by atoms with Gasteiger partial charge in [0, 0.05) is 12.1 Å². The molecule has 0 saturated carbocycles. The number of hydrogen-bond donors (Lipinski definition) is 1. The number of halogens is 1. The van der Waals surface area contributed by atoms with Crippen molar-refractivity contribution in [2.75, 3.05) is 13.6 Å². The van der Waals surface area contributed by atoms with Gasteiger partial charge in [-0.05, 0) is 32.5 Å². The normalized spacial score (nSPS) is 20.5. The highest BCUT2D eigenvalue weighted by atomic mass is 19.1. The number of benzene rings is 1. The zero-order valence-corrected chi connectivity index (χ0v) is 9.95. The van der Waals surface area contributed by atoms with Crippen LogP contribution in [-0.4, -0.2) is 30.4 Å². The van der Waals surface area contributed by atoms with Gasteiger partial charge in [0.25, 0.3) is 0 Å². The SMILES string of the molecule is CN1CCCC1C(=O)NCc1ccccc1F. The number of carbonyl (C=O) groups is 1. The first-order valence-electron chi connectivity index (χ1n) is 5.90. The maximum Gasteiger partial charge on any atom is 0.237 e. The molecule has 1 aromatic carbocycles. The molecule has 0 aromatic heterocycles. The molecule has 1 atom stereocenters. The monoisotopic (exact) mass is 236 g/mol. The highest BCUT2D eigenvalue weighted by Gasteiger charge is 2.27. The lowest BCUT2D eigenvalue weighted by atomic mass is 10.2. The van der Waals surface area contributed by atoms with Crippen LogP contribution in [0.3, 0.4) is 0 Å². The summed E-state index contributed by atoms with van der Waals surface area (Å²) < 4.78 is 13.3. The lowest BCUT2D eigenvalue weighted by Crippen LogP contribution is -2.41. The minimum Gasteiger partial charge on any atom is -0.351 e. The average molecular weight is 236 g/mol. The Morgan fingerprint density at radius 1 is 1.53 bits per heavy atom. The standard InChI is InChI=1S/C13H17FN2O/c1-16-8-4-7-12(16)13(17)15-9-10-5-2-3-6-11(10)14/h2-3,5-6,12H,4,7-9H2,1H3,(H,15,17). The van der Waals surface area contributed by atoms with Crippen LogP contribution in [0.1, 0.15) is 18.4 Å². The van der Waals surface area contributed by atoms with E-state index in [1.165, 1.54) is 6.07 Å². The first-order chi connectivity index (χ1) is 8.18. The lowest BCUT2D eigenvalue weighted by Gasteiger charge is -2.18. The van der Waals surface area contributed by atoms with E-state index in [0.717, 1.165) is 19.4 Å². The van der Waals surface area contributed by atoms with Gasteiger partial charge in [-0.25, -0.2) is 4.39 Å². The van der Waals surface area contributed by atoms with E-state index in [-0.39, 0.29) is 24.3 Å². The second kappa shape index (κ2) is 5.27. The Balaban J connectivity index is 1.90. The van der Waals surface area contributed by atoms with Gasteiger partial charge in [-0.2, -0.15) is 0 Å². The summed E-state index contributed by atoms with van der Waals surface area (Å²) in [6.45, 7) is 1.22. The summed E-state index contributed by atoms with van der Waals surface area (Å²) in [6, 6.07) is 6.45. The van der Waals surface area contributed by atoms with Crippen molar-refractivity contribution < 1.29 is 9.18 Å². The third kappa shape index (κ3) is 2.82. The van der Waals surface area contributed by atoms with Crippen LogP contribution < -0.4 is 5.32 Å². The zero-order chi connectivity index (χ0) is 12.3. The Morgan fingerprint density at radius 3 is 2.94 bits per heavy atom. The van der Waals surface area contributed by atoms with Crippen molar-refractivity contribution in [2.24, 2.45) is 0 Å². The van der Waals surface area contributed by atoms with Gasteiger partial charge in [0.2, 0.25) is 5.91 Å². The second-order valence-electron chi connectivity index (χ2n) is 4.45. The summed E-state index contributed by atoms with van der Waals surface area (Å²) >= 11 is 0. The first-order valence-corrected chi connectivity index (χ1v) is 5.90. The molecule has 1 amide bonds. The number of amides is 1. The van der Waals surface area contributed by atoms with Crippen molar-refractivity contribution in [2.45, 2.75) is 25.4 Å². The van der Waals surface area contributed by atoms with Crippen LogP contribution in [0.15, 0.2) is 24.3 Å². The minimum atomic E-state index is -0.271. The molecular formula is C13H17FN2O. The predicted molar refractivity (Wildman–Crippen MR) is 63.9 cm³/mol. The van der Waals surface area contributed by atoms with Crippen molar-refractivity contribution in [3.8, 4) is 0 Å². The zero-order valence-electron chi connectivity index (χ0n) is 9.95. The van der Waals surface area contributed by atoms with Gasteiger partial charge in [0.05, 0.1) is 6.04 Å². The fraction of sp³-hybridized carbons (Fsp3) is 0.462. The second-order valence-corrected chi connectivity index (χ2v) is 4.45. The van der Waals surface area contributed by atoms with Crippen LogP contribution in [0.4, 0.5) is 4.39 Å². The summed E-state index contributed by atoms with van der Waals surface area (Å²) in [5.41, 5.74) is 0.529. The van der Waals surface area contributed by atoms with Gasteiger partial charge in [0.1, 0.15) is 5.82 Å².